The molecule has 0 fully saturated rings. The van der Waals surface area contributed by atoms with Gasteiger partial charge in [-0.2, -0.15) is 10.1 Å². The van der Waals surface area contributed by atoms with E-state index in [2.05, 4.69) is 5.10 Å². The van der Waals surface area contributed by atoms with Gasteiger partial charge in [0.2, 0.25) is 0 Å². The Morgan fingerprint density at radius 3 is 2.52 bits per heavy atom. The topological polar surface area (TPSA) is 62.1 Å². The zero-order valence-corrected chi connectivity index (χ0v) is 14.8. The Morgan fingerprint density at radius 2 is 1.88 bits per heavy atom. The lowest BCUT2D eigenvalue weighted by Crippen LogP contribution is -2.21. The van der Waals surface area contributed by atoms with Gasteiger partial charge in [-0.25, -0.2) is 0 Å². The van der Waals surface area contributed by atoms with E-state index in [1.165, 1.54) is 12.1 Å². The maximum absolute atomic E-state index is 12.7. The quantitative estimate of drug-likeness (QED) is 0.839. The van der Waals surface area contributed by atoms with Crippen molar-refractivity contribution in [2.24, 2.45) is 5.10 Å². The van der Waals surface area contributed by atoms with Gasteiger partial charge in [0.25, 0.3) is 5.91 Å². The van der Waals surface area contributed by atoms with E-state index in [1.807, 2.05) is 31.2 Å². The molecule has 0 saturated heterocycles. The number of hydrogen-bond donors (Lipinski definition) is 1. The Kier molecular flexibility index (Phi) is 4.51. The highest BCUT2D eigenvalue weighted by Crippen LogP contribution is 2.36. The van der Waals surface area contributed by atoms with Crippen molar-refractivity contribution in [1.82, 2.24) is 0 Å². The van der Waals surface area contributed by atoms with E-state index in [4.69, 9.17) is 16.3 Å². The van der Waals surface area contributed by atoms with Gasteiger partial charge in [0.15, 0.2) is 11.5 Å². The summed E-state index contributed by atoms with van der Waals surface area (Å²) in [7, 11) is 1.44. The lowest BCUT2D eigenvalue weighted by molar-refractivity contribution is -0.114. The van der Waals surface area contributed by atoms with Crippen LogP contribution in [0.1, 0.15) is 18.1 Å². The summed E-state index contributed by atoms with van der Waals surface area (Å²) in [5.74, 6) is -0.102. The Bertz CT molecular complexity index is 902. The predicted octanol–water partition coefficient (Wildman–Crippen LogP) is 4.17. The highest BCUT2D eigenvalue weighted by Gasteiger charge is 2.28. The number of nitrogens with zero attached hydrogens (tertiary/aromatic N) is 2. The van der Waals surface area contributed by atoms with Gasteiger partial charge in [-0.15, -0.1) is 0 Å². The number of anilines is 1. The number of aromatic hydroxyl groups is 1. The van der Waals surface area contributed by atoms with E-state index in [-0.39, 0.29) is 22.4 Å². The van der Waals surface area contributed by atoms with Crippen LogP contribution in [0.2, 0.25) is 5.02 Å². The molecule has 1 N–H and O–H groups in total. The smallest absolute Gasteiger partial charge is 0.280 e. The summed E-state index contributed by atoms with van der Waals surface area (Å²) < 4.78 is 5.10. The van der Waals surface area contributed by atoms with Gasteiger partial charge in [0.05, 0.1) is 29.1 Å². The van der Waals surface area contributed by atoms with Crippen LogP contribution in [-0.4, -0.2) is 23.8 Å². The Balaban J connectivity index is 1.97. The Labute approximate surface area is 150 Å². The molecule has 1 amide bonds. The summed E-state index contributed by atoms with van der Waals surface area (Å²) >= 11 is 6.01. The number of amides is 1. The number of hydrazone groups is 1. The average molecular weight is 357 g/mol. The first-order valence-electron chi connectivity index (χ1n) is 7.65. The van der Waals surface area contributed by atoms with Crippen molar-refractivity contribution in [1.29, 1.82) is 0 Å². The molecule has 0 spiro atoms. The minimum Gasteiger partial charge on any atom is -0.503 e. The number of carbonyl (C=O) groups excluding carboxylic acids is 1. The number of phenols is 1. The monoisotopic (exact) mass is 356 g/mol. The summed E-state index contributed by atoms with van der Waals surface area (Å²) in [6.45, 7) is 3.76. The molecule has 1 heterocycles. The van der Waals surface area contributed by atoms with Crippen LogP contribution in [0.5, 0.6) is 11.5 Å². The summed E-state index contributed by atoms with van der Waals surface area (Å²) in [6, 6.07) is 10.8. The SMILES string of the molecule is COc1cc(/C=C2\C(=O)N(c3ccc(C)cc3)N=C2C)cc(Cl)c1O. The fourth-order valence-corrected chi connectivity index (χ4v) is 2.76. The maximum atomic E-state index is 12.7. The number of methoxy groups -OCH3 is 1. The molecule has 1 aliphatic heterocycles. The van der Waals surface area contributed by atoms with Crippen LogP contribution in [0.15, 0.2) is 47.1 Å². The van der Waals surface area contributed by atoms with Crippen LogP contribution in [0.25, 0.3) is 6.08 Å². The van der Waals surface area contributed by atoms with Crippen LogP contribution in [0, 0.1) is 6.92 Å². The first-order chi connectivity index (χ1) is 11.9. The molecule has 0 bridgehead atoms. The van der Waals surface area contributed by atoms with Crippen molar-refractivity contribution < 1.29 is 14.6 Å². The largest absolute Gasteiger partial charge is 0.503 e. The van der Waals surface area contributed by atoms with Crippen molar-refractivity contribution in [3.8, 4) is 11.5 Å². The van der Waals surface area contributed by atoms with Gasteiger partial charge in [-0.1, -0.05) is 29.3 Å². The van der Waals surface area contributed by atoms with E-state index in [0.717, 1.165) is 5.56 Å². The van der Waals surface area contributed by atoms with E-state index in [9.17, 15) is 9.90 Å². The molecule has 2 aromatic carbocycles. The third kappa shape index (κ3) is 3.23. The predicted molar refractivity (Wildman–Crippen MR) is 99.4 cm³/mol. The van der Waals surface area contributed by atoms with Crippen molar-refractivity contribution in [2.45, 2.75) is 13.8 Å². The van der Waals surface area contributed by atoms with Crippen molar-refractivity contribution in [3.63, 3.8) is 0 Å². The fourth-order valence-electron chi connectivity index (χ4n) is 2.54. The van der Waals surface area contributed by atoms with Crippen LogP contribution in [0.3, 0.4) is 0 Å². The molecule has 0 unspecified atom stereocenters. The molecule has 0 aromatic heterocycles. The van der Waals surface area contributed by atoms with Crippen LogP contribution >= 0.6 is 11.6 Å². The molecule has 3 rings (SSSR count). The van der Waals surface area contributed by atoms with E-state index in [0.29, 0.717) is 22.5 Å². The molecule has 5 nitrogen and oxygen atoms in total. The van der Waals surface area contributed by atoms with Crippen molar-refractivity contribution >= 4 is 35.0 Å². The summed E-state index contributed by atoms with van der Waals surface area (Å²) in [4.78, 5) is 12.7. The van der Waals surface area contributed by atoms with E-state index in [1.54, 1.807) is 25.1 Å². The third-order valence-electron chi connectivity index (χ3n) is 3.92. The molecule has 0 atom stereocenters. The minimum absolute atomic E-state index is 0.129. The second-order valence-corrected chi connectivity index (χ2v) is 6.16. The zero-order chi connectivity index (χ0) is 18.1. The number of ether oxygens (including phenoxy) is 1. The highest BCUT2D eigenvalue weighted by molar-refractivity contribution is 6.33. The van der Waals surface area contributed by atoms with Gasteiger partial charge in [0.1, 0.15) is 0 Å². The molecule has 2 aromatic rings. The first kappa shape index (κ1) is 17.0. The number of aryl methyl sites for hydroxylation is 1. The number of hydrogen-bond acceptors (Lipinski definition) is 4. The van der Waals surface area contributed by atoms with Gasteiger partial charge in [-0.05, 0) is 49.8 Å². The molecule has 0 saturated carbocycles. The maximum Gasteiger partial charge on any atom is 0.280 e. The number of phenolic OH excluding ortho intramolecular Hbond substituents is 1. The first-order valence-corrected chi connectivity index (χ1v) is 8.03. The molecular formula is C19H17ClN2O3. The van der Waals surface area contributed by atoms with Gasteiger partial charge in [0, 0.05) is 0 Å². The van der Waals surface area contributed by atoms with Gasteiger partial charge in [-0.3, -0.25) is 4.79 Å². The molecule has 0 aliphatic carbocycles. The standard InChI is InChI=1S/C19H17ClN2O3/c1-11-4-6-14(7-5-11)22-19(24)15(12(2)21-22)8-13-9-16(20)18(23)17(10-13)25-3/h4-10,23H,1-3H3/b15-8-. The highest BCUT2D eigenvalue weighted by atomic mass is 35.5. The lowest BCUT2D eigenvalue weighted by atomic mass is 10.1. The van der Waals surface area contributed by atoms with Crippen molar-refractivity contribution in [2.75, 3.05) is 12.1 Å². The van der Waals surface area contributed by atoms with Crippen molar-refractivity contribution in [3.05, 3.63) is 58.1 Å². The van der Waals surface area contributed by atoms with Crippen LogP contribution < -0.4 is 9.75 Å². The van der Waals surface area contributed by atoms with Gasteiger partial charge >= 0.3 is 0 Å². The summed E-state index contributed by atoms with van der Waals surface area (Å²) in [5, 5.41) is 15.7. The summed E-state index contributed by atoms with van der Waals surface area (Å²) in [5.41, 5.74) is 3.53. The molecule has 128 valence electrons. The fraction of sp³-hybridized carbons (Fsp3) is 0.158. The third-order valence-corrected chi connectivity index (χ3v) is 4.21. The number of benzene rings is 2. The normalized spacial score (nSPS) is 15.7. The Morgan fingerprint density at radius 1 is 1.20 bits per heavy atom. The molecule has 25 heavy (non-hydrogen) atoms. The zero-order valence-electron chi connectivity index (χ0n) is 14.1. The second-order valence-electron chi connectivity index (χ2n) is 5.75. The Hall–Kier alpha value is -2.79. The van der Waals surface area contributed by atoms with E-state index >= 15 is 0 Å². The number of carbonyl (C=O) groups is 1. The number of rotatable bonds is 3. The van der Waals surface area contributed by atoms with Crippen LogP contribution in [0.4, 0.5) is 5.69 Å². The van der Waals surface area contributed by atoms with E-state index < -0.39 is 0 Å². The minimum atomic E-state index is -0.218. The van der Waals surface area contributed by atoms with Gasteiger partial charge < -0.3 is 9.84 Å². The molecular weight excluding hydrogens is 340 g/mol. The molecule has 1 aliphatic rings. The molecule has 6 heteroatoms. The number of halogens is 1. The second kappa shape index (κ2) is 6.61. The van der Waals surface area contributed by atoms with Crippen LogP contribution in [-0.2, 0) is 4.79 Å². The lowest BCUT2D eigenvalue weighted by Gasteiger charge is -2.12. The average Bonchev–Trinajstić information content (AvgIpc) is 2.86. The molecule has 0 radical (unpaired) electrons. The summed E-state index contributed by atoms with van der Waals surface area (Å²) in [6.07, 6.45) is 1.68.